The summed E-state index contributed by atoms with van der Waals surface area (Å²) in [4.78, 5) is 8.56. The molecule has 1 aromatic carbocycles. The van der Waals surface area contributed by atoms with Crippen LogP contribution in [0.4, 0.5) is 0 Å². The molecule has 0 amide bonds. The van der Waals surface area contributed by atoms with Crippen LogP contribution in [-0.4, -0.2) is 9.97 Å². The number of ether oxygens (including phenoxy) is 1. The van der Waals surface area contributed by atoms with Gasteiger partial charge in [-0.05, 0) is 29.8 Å². The van der Waals surface area contributed by atoms with Crippen LogP contribution >= 0.6 is 23.2 Å². The molecule has 0 aliphatic rings. The van der Waals surface area contributed by atoms with E-state index in [4.69, 9.17) is 27.9 Å². The highest BCUT2D eigenvalue weighted by atomic mass is 35.5. The SMILES string of the molecule is Clc1ccc(COc2cc(Cl)c3ncccc3n2)cc1. The normalized spacial score (nSPS) is 10.7. The molecule has 3 nitrogen and oxygen atoms in total. The van der Waals surface area contributed by atoms with E-state index in [9.17, 15) is 0 Å². The molecule has 0 bridgehead atoms. The molecule has 0 fully saturated rings. The third kappa shape index (κ3) is 2.84. The minimum atomic E-state index is 0.409. The number of pyridine rings is 2. The first-order valence-electron chi connectivity index (χ1n) is 6.01. The summed E-state index contributed by atoms with van der Waals surface area (Å²) >= 11 is 12.0. The summed E-state index contributed by atoms with van der Waals surface area (Å²) in [6, 6.07) is 12.8. The fourth-order valence-electron chi connectivity index (χ4n) is 1.81. The first-order chi connectivity index (χ1) is 9.72. The lowest BCUT2D eigenvalue weighted by molar-refractivity contribution is 0.295. The second-order valence-electron chi connectivity index (χ2n) is 4.23. The summed E-state index contributed by atoms with van der Waals surface area (Å²) in [5, 5.41) is 1.23. The van der Waals surface area contributed by atoms with Crippen molar-refractivity contribution in [2.75, 3.05) is 0 Å². The smallest absolute Gasteiger partial charge is 0.215 e. The molecule has 0 aliphatic carbocycles. The Morgan fingerprint density at radius 2 is 1.85 bits per heavy atom. The van der Waals surface area contributed by atoms with Crippen molar-refractivity contribution in [3.8, 4) is 5.88 Å². The zero-order valence-electron chi connectivity index (χ0n) is 10.4. The van der Waals surface area contributed by atoms with E-state index in [0.717, 1.165) is 5.56 Å². The Bertz CT molecular complexity index is 744. The van der Waals surface area contributed by atoms with E-state index < -0.39 is 0 Å². The van der Waals surface area contributed by atoms with E-state index >= 15 is 0 Å². The van der Waals surface area contributed by atoms with Gasteiger partial charge in [-0.3, -0.25) is 4.98 Å². The average Bonchev–Trinajstić information content (AvgIpc) is 2.47. The molecule has 5 heteroatoms. The van der Waals surface area contributed by atoms with Gasteiger partial charge in [0.05, 0.1) is 10.5 Å². The lowest BCUT2D eigenvalue weighted by Crippen LogP contribution is -1.98. The van der Waals surface area contributed by atoms with E-state index in [1.54, 1.807) is 12.3 Å². The minimum Gasteiger partial charge on any atom is -0.473 e. The number of hydrogen-bond acceptors (Lipinski definition) is 3. The fraction of sp³-hybridized carbons (Fsp3) is 0.0667. The number of fused-ring (bicyclic) bond motifs is 1. The maximum absolute atomic E-state index is 6.16. The third-order valence-electron chi connectivity index (χ3n) is 2.79. The summed E-state index contributed by atoms with van der Waals surface area (Å²) in [5.41, 5.74) is 2.40. The molecule has 3 rings (SSSR count). The first kappa shape index (κ1) is 13.2. The highest BCUT2D eigenvalue weighted by Gasteiger charge is 2.06. The van der Waals surface area contributed by atoms with Crippen molar-refractivity contribution in [3.05, 3.63) is 64.3 Å². The molecule has 0 spiro atoms. The average molecular weight is 305 g/mol. The molecule has 3 aromatic rings. The zero-order valence-corrected chi connectivity index (χ0v) is 11.9. The Balaban J connectivity index is 1.82. The van der Waals surface area contributed by atoms with Crippen LogP contribution < -0.4 is 4.74 Å². The van der Waals surface area contributed by atoms with E-state index in [0.29, 0.717) is 33.6 Å². The number of rotatable bonds is 3. The second kappa shape index (κ2) is 5.65. The molecular weight excluding hydrogens is 295 g/mol. The van der Waals surface area contributed by atoms with Gasteiger partial charge in [0, 0.05) is 17.3 Å². The van der Waals surface area contributed by atoms with Gasteiger partial charge in [0.1, 0.15) is 12.1 Å². The lowest BCUT2D eigenvalue weighted by atomic mass is 10.2. The van der Waals surface area contributed by atoms with Gasteiger partial charge in [0.25, 0.3) is 0 Å². The van der Waals surface area contributed by atoms with Crippen LogP contribution in [-0.2, 0) is 6.61 Å². The molecular formula is C15H10Cl2N2O. The monoisotopic (exact) mass is 304 g/mol. The van der Waals surface area contributed by atoms with E-state index in [1.807, 2.05) is 36.4 Å². The quantitative estimate of drug-likeness (QED) is 0.714. The van der Waals surface area contributed by atoms with Crippen molar-refractivity contribution in [1.82, 2.24) is 9.97 Å². The van der Waals surface area contributed by atoms with Crippen LogP contribution in [0.2, 0.25) is 10.0 Å². The second-order valence-corrected chi connectivity index (χ2v) is 5.07. The zero-order chi connectivity index (χ0) is 13.9. The third-order valence-corrected chi connectivity index (χ3v) is 3.33. The van der Waals surface area contributed by atoms with Gasteiger partial charge >= 0.3 is 0 Å². The highest BCUT2D eigenvalue weighted by Crippen LogP contribution is 2.24. The summed E-state index contributed by atoms with van der Waals surface area (Å²) in [5.74, 6) is 0.477. The molecule has 0 N–H and O–H groups in total. The van der Waals surface area contributed by atoms with Gasteiger partial charge in [-0.2, -0.15) is 0 Å². The summed E-state index contributed by atoms with van der Waals surface area (Å²) in [7, 11) is 0. The maximum atomic E-state index is 6.16. The number of nitrogens with zero attached hydrogens (tertiary/aromatic N) is 2. The molecule has 0 unspecified atom stereocenters. The molecule has 20 heavy (non-hydrogen) atoms. The minimum absolute atomic E-state index is 0.409. The topological polar surface area (TPSA) is 35.0 Å². The fourth-order valence-corrected chi connectivity index (χ4v) is 2.18. The Labute approximate surface area is 126 Å². The number of halogens is 2. The number of benzene rings is 1. The van der Waals surface area contributed by atoms with Gasteiger partial charge in [-0.25, -0.2) is 4.98 Å². The van der Waals surface area contributed by atoms with Gasteiger partial charge in [-0.15, -0.1) is 0 Å². The van der Waals surface area contributed by atoms with Gasteiger partial charge in [0.15, 0.2) is 0 Å². The lowest BCUT2D eigenvalue weighted by Gasteiger charge is -2.07. The Morgan fingerprint density at radius 1 is 1.05 bits per heavy atom. The number of aromatic nitrogens is 2. The van der Waals surface area contributed by atoms with Crippen LogP contribution in [0.15, 0.2) is 48.7 Å². The van der Waals surface area contributed by atoms with Crippen LogP contribution in [0, 0.1) is 0 Å². The van der Waals surface area contributed by atoms with E-state index in [1.165, 1.54) is 0 Å². The molecule has 0 saturated heterocycles. The molecule has 100 valence electrons. The summed E-state index contributed by atoms with van der Waals surface area (Å²) < 4.78 is 5.65. The van der Waals surface area contributed by atoms with Crippen molar-refractivity contribution in [3.63, 3.8) is 0 Å². The van der Waals surface area contributed by atoms with Crippen LogP contribution in [0.25, 0.3) is 11.0 Å². The summed E-state index contributed by atoms with van der Waals surface area (Å²) in [6.45, 7) is 0.409. The molecule has 2 heterocycles. The highest BCUT2D eigenvalue weighted by molar-refractivity contribution is 6.34. The number of hydrogen-bond donors (Lipinski definition) is 0. The predicted molar refractivity (Wildman–Crippen MR) is 80.3 cm³/mol. The maximum Gasteiger partial charge on any atom is 0.215 e. The van der Waals surface area contributed by atoms with Crippen LogP contribution in [0.3, 0.4) is 0 Å². The van der Waals surface area contributed by atoms with E-state index in [2.05, 4.69) is 9.97 Å². The first-order valence-corrected chi connectivity index (χ1v) is 6.76. The Morgan fingerprint density at radius 3 is 2.65 bits per heavy atom. The van der Waals surface area contributed by atoms with Gasteiger partial charge < -0.3 is 4.74 Å². The summed E-state index contributed by atoms with van der Waals surface area (Å²) in [6.07, 6.45) is 1.68. The molecule has 2 aromatic heterocycles. The molecule has 0 atom stereocenters. The van der Waals surface area contributed by atoms with Gasteiger partial charge in [0.2, 0.25) is 5.88 Å². The standard InChI is InChI=1S/C15H10Cl2N2O/c16-11-5-3-10(4-6-11)9-20-14-8-12(17)15-13(19-14)2-1-7-18-15/h1-8H,9H2. The molecule has 0 aliphatic heterocycles. The van der Waals surface area contributed by atoms with E-state index in [-0.39, 0.29) is 0 Å². The van der Waals surface area contributed by atoms with Crippen molar-refractivity contribution in [1.29, 1.82) is 0 Å². The van der Waals surface area contributed by atoms with Gasteiger partial charge in [-0.1, -0.05) is 35.3 Å². The Hall–Kier alpha value is -1.84. The van der Waals surface area contributed by atoms with Crippen molar-refractivity contribution in [2.24, 2.45) is 0 Å². The molecule has 0 radical (unpaired) electrons. The molecule has 0 saturated carbocycles. The van der Waals surface area contributed by atoms with Crippen molar-refractivity contribution < 1.29 is 4.74 Å². The van der Waals surface area contributed by atoms with Crippen molar-refractivity contribution in [2.45, 2.75) is 6.61 Å². The van der Waals surface area contributed by atoms with Crippen LogP contribution in [0.1, 0.15) is 5.56 Å². The Kier molecular flexibility index (Phi) is 3.72. The van der Waals surface area contributed by atoms with Crippen molar-refractivity contribution >= 4 is 34.2 Å². The van der Waals surface area contributed by atoms with Crippen LogP contribution in [0.5, 0.6) is 5.88 Å². The largest absolute Gasteiger partial charge is 0.473 e. The predicted octanol–water partition coefficient (Wildman–Crippen LogP) is 4.52.